The fraction of sp³-hybridized carbons (Fsp3) is 0.360. The maximum atomic E-state index is 10.7. The van der Waals surface area contributed by atoms with E-state index in [1.165, 1.54) is 101 Å². The number of aryl methyl sites for hydroxylation is 2. The first-order valence-electron chi connectivity index (χ1n) is 18.8. The molecule has 0 saturated carbocycles. The zero-order chi connectivity index (χ0) is 40.8. The first-order chi connectivity index (χ1) is 25.1. The van der Waals surface area contributed by atoms with Gasteiger partial charge in [0.15, 0.2) is 0 Å². The number of alkyl halides is 3. The number of hydrogen-bond donors (Lipinski definition) is 0. The van der Waals surface area contributed by atoms with Gasteiger partial charge in [-0.2, -0.15) is 24.3 Å². The number of hydrogen-bond acceptors (Lipinski definition) is 0. The second-order valence-electron chi connectivity index (χ2n) is 16.8. The van der Waals surface area contributed by atoms with Crippen LogP contribution in [0.4, 0.5) is 13.2 Å². The van der Waals surface area contributed by atoms with Crippen molar-refractivity contribution >= 4 is 53.2 Å². The fourth-order valence-electron chi connectivity index (χ4n) is 7.15. The van der Waals surface area contributed by atoms with Crippen LogP contribution in [0.3, 0.4) is 0 Å². The Kier molecular flexibility index (Phi) is 21.8. The number of fused-ring (bicyclic) bond motifs is 2. The normalized spacial score (nSPS) is 11.2. The van der Waals surface area contributed by atoms with E-state index in [9.17, 15) is 13.2 Å². The molecular formula is C50H63Cl2F3SiZr-4. The molecule has 0 unspecified atom stereocenters. The Morgan fingerprint density at radius 1 is 0.579 bits per heavy atom. The van der Waals surface area contributed by atoms with E-state index in [4.69, 9.17) is 0 Å². The summed E-state index contributed by atoms with van der Waals surface area (Å²) in [7, 11) is 0. The molecule has 0 fully saturated rings. The predicted molar refractivity (Wildman–Crippen MR) is 248 cm³/mol. The van der Waals surface area contributed by atoms with Crippen molar-refractivity contribution in [3.8, 4) is 22.3 Å². The van der Waals surface area contributed by atoms with Gasteiger partial charge in [0.2, 0.25) is 0 Å². The van der Waals surface area contributed by atoms with Gasteiger partial charge < -0.3 is 14.4 Å². The average molecular weight is 911 g/mol. The minimum atomic E-state index is -4.07. The summed E-state index contributed by atoms with van der Waals surface area (Å²) in [6.07, 6.45) is -5.05. The van der Waals surface area contributed by atoms with Gasteiger partial charge in [-0.25, -0.2) is 0 Å². The summed E-state index contributed by atoms with van der Waals surface area (Å²) in [4.78, 5) is 0. The quantitative estimate of drug-likeness (QED) is 0.122. The Labute approximate surface area is 372 Å². The van der Waals surface area contributed by atoms with Crippen LogP contribution in [0, 0.1) is 28.2 Å². The fourth-order valence-corrected chi connectivity index (χ4v) is 7.15. The number of halogens is 5. The van der Waals surface area contributed by atoms with Crippen LogP contribution in [0.25, 0.3) is 43.8 Å². The molecule has 6 aromatic rings. The molecule has 0 aliphatic carbocycles. The standard InChI is InChI=1S/2C23H27.C3H4F3.CH3.2ClH.Si.Zr/c2*1-15(2)17-10-12-18(13-11-17)20-9-7-8-19-14-21(23(4,5)6)16(3)22(19)20;1-2-3(4,5)6;;;;;/h2*7-15H,1-6H3;1-2H2;1H3;2*1H;;/q4*-1;;;;. The molecule has 0 aliphatic heterocycles. The van der Waals surface area contributed by atoms with Crippen molar-refractivity contribution in [1.82, 2.24) is 0 Å². The van der Waals surface area contributed by atoms with E-state index in [1.54, 1.807) is 0 Å². The van der Waals surface area contributed by atoms with Crippen LogP contribution in [-0.4, -0.2) is 13.1 Å². The number of benzene rings is 4. The Balaban J connectivity index is 0.000000889. The van der Waals surface area contributed by atoms with Gasteiger partial charge in [-0.3, -0.25) is 0 Å². The van der Waals surface area contributed by atoms with Gasteiger partial charge in [-0.1, -0.05) is 161 Å². The van der Waals surface area contributed by atoms with Gasteiger partial charge in [0, 0.05) is 0 Å². The van der Waals surface area contributed by atoms with Crippen molar-refractivity contribution in [2.45, 2.75) is 118 Å². The van der Waals surface area contributed by atoms with Crippen molar-refractivity contribution in [2.24, 2.45) is 0 Å². The third kappa shape index (κ3) is 14.1. The first-order valence-corrected chi connectivity index (χ1v) is 23.0. The van der Waals surface area contributed by atoms with Crippen LogP contribution in [0.5, 0.6) is 0 Å². The summed E-state index contributed by atoms with van der Waals surface area (Å²) >= 11 is 1.36. The SMILES string of the molecule is Cc1c(C(C)(C)C)[cH-]c2cccc(-c3ccc(C(C)C)cc3)c12.Cc1c(C(C)(C)C)[cH-]c2cccc(-c3ccc(C(C)C)cc3)c12.Cl.Cl.[CH2-]CC(F)(F)F.[CH3-].[Si]=[Zr]. The molecule has 0 atom stereocenters. The van der Waals surface area contributed by atoms with Crippen molar-refractivity contribution < 1.29 is 36.5 Å². The molecule has 0 aliphatic rings. The van der Waals surface area contributed by atoms with E-state index >= 15 is 0 Å². The summed E-state index contributed by atoms with van der Waals surface area (Å²) < 4.78 is 32.2. The maximum absolute atomic E-state index is 10.7. The molecule has 0 nitrogen and oxygen atoms in total. The number of rotatable bonds is 4. The Hall–Kier alpha value is -2.43. The molecule has 2 radical (unpaired) electrons. The first kappa shape index (κ1) is 54.6. The molecule has 0 spiro atoms. The summed E-state index contributed by atoms with van der Waals surface area (Å²) in [5, 5.41) is 5.54. The summed E-state index contributed by atoms with van der Waals surface area (Å²) in [6.45, 7) is 33.0. The summed E-state index contributed by atoms with van der Waals surface area (Å²) in [5.41, 5.74) is 14.3. The molecule has 0 saturated heterocycles. The van der Waals surface area contributed by atoms with Crippen LogP contribution >= 0.6 is 24.8 Å². The molecule has 0 heterocycles. The van der Waals surface area contributed by atoms with Crippen LogP contribution in [-0.2, 0) is 34.2 Å². The van der Waals surface area contributed by atoms with E-state index < -0.39 is 12.6 Å². The molecular weight excluding hydrogens is 848 g/mol. The van der Waals surface area contributed by atoms with Crippen LogP contribution in [0.1, 0.15) is 121 Å². The van der Waals surface area contributed by atoms with Crippen LogP contribution < -0.4 is 0 Å². The van der Waals surface area contributed by atoms with Gasteiger partial charge in [0.25, 0.3) is 0 Å². The summed E-state index contributed by atoms with van der Waals surface area (Å²) in [6, 6.07) is 36.2. The van der Waals surface area contributed by atoms with Crippen LogP contribution in [0.2, 0.25) is 0 Å². The minimum absolute atomic E-state index is 0. The van der Waals surface area contributed by atoms with Crippen molar-refractivity contribution in [2.75, 3.05) is 0 Å². The zero-order valence-electron chi connectivity index (χ0n) is 36.3. The second kappa shape index (κ2) is 22.8. The van der Waals surface area contributed by atoms with Crippen molar-refractivity contribution in [1.29, 1.82) is 0 Å². The van der Waals surface area contributed by atoms with Crippen molar-refractivity contribution in [3.63, 3.8) is 0 Å². The molecule has 7 heteroatoms. The van der Waals surface area contributed by atoms with Gasteiger partial charge in [-0.05, 0) is 44.9 Å². The Morgan fingerprint density at radius 3 is 1.09 bits per heavy atom. The summed E-state index contributed by atoms with van der Waals surface area (Å²) in [5.74, 6) is 1.15. The van der Waals surface area contributed by atoms with E-state index in [1.807, 2.05) is 0 Å². The van der Waals surface area contributed by atoms with Gasteiger partial charge in [0.05, 0.1) is 0 Å². The van der Waals surface area contributed by atoms with Gasteiger partial charge >= 0.3 is 36.4 Å². The molecule has 0 N–H and O–H groups in total. The molecule has 310 valence electrons. The van der Waals surface area contributed by atoms with Gasteiger partial charge in [-0.15, -0.1) is 93.9 Å². The van der Waals surface area contributed by atoms with E-state index in [-0.39, 0.29) is 43.1 Å². The van der Waals surface area contributed by atoms with E-state index in [0.29, 0.717) is 11.8 Å². The molecule has 6 rings (SSSR count). The Bertz CT molecular complexity index is 1960. The predicted octanol–water partition coefficient (Wildman–Crippen LogP) is 16.6. The Morgan fingerprint density at radius 2 is 0.860 bits per heavy atom. The molecule has 57 heavy (non-hydrogen) atoms. The third-order valence-electron chi connectivity index (χ3n) is 10.0. The van der Waals surface area contributed by atoms with Gasteiger partial charge in [0.1, 0.15) is 0 Å². The van der Waals surface area contributed by atoms with E-state index in [0.717, 1.165) is 0 Å². The van der Waals surface area contributed by atoms with Crippen LogP contribution in [0.15, 0.2) is 97.1 Å². The molecule has 0 amide bonds. The molecule has 0 aromatic heterocycles. The monoisotopic (exact) mass is 908 g/mol. The zero-order valence-corrected chi connectivity index (χ0v) is 41.3. The molecule has 6 aromatic carbocycles. The molecule has 0 bridgehead atoms. The topological polar surface area (TPSA) is 0 Å². The van der Waals surface area contributed by atoms with E-state index in [2.05, 4.69) is 194 Å². The third-order valence-corrected chi connectivity index (χ3v) is 10.0. The van der Waals surface area contributed by atoms with Crippen molar-refractivity contribution in [3.05, 3.63) is 145 Å². The second-order valence-corrected chi connectivity index (χ2v) is 16.8. The average Bonchev–Trinajstić information content (AvgIpc) is 3.66.